The van der Waals surface area contributed by atoms with Crippen molar-refractivity contribution < 1.29 is 0 Å². The molecule has 0 fully saturated rings. The molecule has 2 nitrogen and oxygen atoms in total. The van der Waals surface area contributed by atoms with Gasteiger partial charge in [-0.2, -0.15) is 0 Å². The number of para-hydroxylation sites is 1. The molecule has 15 aromatic carbocycles. The molecule has 2 aromatic heterocycles. The standard InChI is InChI=1S/C95H60N2/c1-93(2)76-34-13-6-26-65(76)68-48-47-63(56-85(68)93)97-86-41-19-12-29-69(86)70-49-51-84-90(91(70)97)74-32-11-18-39-81(74)95(84)79-37-16-9-30-72(79)88-64(33-21-40-82(88)95)61-25-20-24-59(54-61)60-44-53-87-75(55-60)71-50-52-83-89(92(71)96(87)62-45-42-58(43-46-62)57-22-4-3-5-23-57)73-31-10-17-38-80(73)94(83)77-35-14-7-27-66(77)67-28-8-15-36-78(67)94/h3-56H,1-2H3. The fourth-order valence-electron chi connectivity index (χ4n) is 19.5. The van der Waals surface area contributed by atoms with Crippen molar-refractivity contribution in [3.05, 3.63) is 383 Å². The Morgan fingerprint density at radius 2 is 0.608 bits per heavy atom. The van der Waals surface area contributed by atoms with Crippen LogP contribution < -0.4 is 0 Å². The van der Waals surface area contributed by atoms with Gasteiger partial charge in [0.2, 0.25) is 0 Å². The Kier molecular flexibility index (Phi) is 10.5. The highest BCUT2D eigenvalue weighted by molar-refractivity contribution is 6.19. The second-order valence-corrected chi connectivity index (χ2v) is 28.0. The molecular weight excluding hydrogens is 1170 g/mol. The fraction of sp³-hybridized carbons (Fsp3) is 0.0526. The number of fused-ring (bicyclic) bond motifs is 31. The van der Waals surface area contributed by atoms with Gasteiger partial charge in [0.15, 0.2) is 0 Å². The summed E-state index contributed by atoms with van der Waals surface area (Å²) in [7, 11) is 0. The molecule has 0 radical (unpaired) electrons. The largest absolute Gasteiger partial charge is 0.309 e. The summed E-state index contributed by atoms with van der Waals surface area (Å²) in [5, 5.41) is 5.00. The lowest BCUT2D eigenvalue weighted by molar-refractivity contribution is 0.660. The van der Waals surface area contributed by atoms with Crippen LogP contribution in [-0.4, -0.2) is 9.13 Å². The molecule has 2 heteroatoms. The lowest BCUT2D eigenvalue weighted by Crippen LogP contribution is -2.25. The number of aromatic nitrogens is 2. The molecule has 2 heterocycles. The summed E-state index contributed by atoms with van der Waals surface area (Å²) in [6.07, 6.45) is 0. The van der Waals surface area contributed by atoms with Crippen molar-refractivity contribution in [2.75, 3.05) is 0 Å². The second-order valence-electron chi connectivity index (χ2n) is 28.0. The Morgan fingerprint density at radius 3 is 1.26 bits per heavy atom. The van der Waals surface area contributed by atoms with Crippen LogP contribution in [0.3, 0.4) is 0 Å². The highest BCUT2D eigenvalue weighted by Crippen LogP contribution is 2.67. The predicted molar refractivity (Wildman–Crippen MR) is 402 cm³/mol. The van der Waals surface area contributed by atoms with Gasteiger partial charge in [-0.3, -0.25) is 0 Å². The van der Waals surface area contributed by atoms with Crippen LogP contribution in [0.25, 0.3) is 144 Å². The van der Waals surface area contributed by atoms with Gasteiger partial charge in [0, 0.05) is 49.5 Å². The molecule has 2 spiro atoms. The van der Waals surface area contributed by atoms with Gasteiger partial charge < -0.3 is 9.13 Å². The van der Waals surface area contributed by atoms with Gasteiger partial charge in [0.05, 0.1) is 32.9 Å². The number of hydrogen-bond donors (Lipinski definition) is 0. The Hall–Kier alpha value is -12.1. The molecule has 0 bridgehead atoms. The number of benzene rings is 15. The van der Waals surface area contributed by atoms with E-state index in [0.29, 0.717) is 0 Å². The van der Waals surface area contributed by atoms with Crippen LogP contribution in [-0.2, 0) is 16.2 Å². The van der Waals surface area contributed by atoms with Gasteiger partial charge in [-0.25, -0.2) is 0 Å². The molecule has 1 atom stereocenters. The summed E-state index contributed by atoms with van der Waals surface area (Å²) in [6.45, 7) is 4.78. The molecule has 0 N–H and O–H groups in total. The summed E-state index contributed by atoms with van der Waals surface area (Å²) < 4.78 is 5.16. The summed E-state index contributed by atoms with van der Waals surface area (Å²) in [4.78, 5) is 0. The maximum Gasteiger partial charge on any atom is 0.0726 e. The minimum atomic E-state index is -0.575. The molecule has 0 amide bonds. The predicted octanol–water partition coefficient (Wildman–Crippen LogP) is 23.9. The molecule has 1 unspecified atom stereocenters. The van der Waals surface area contributed by atoms with Crippen LogP contribution >= 0.6 is 0 Å². The van der Waals surface area contributed by atoms with Gasteiger partial charge in [-0.1, -0.05) is 293 Å². The van der Waals surface area contributed by atoms with Gasteiger partial charge >= 0.3 is 0 Å². The Morgan fingerprint density at radius 1 is 0.206 bits per heavy atom. The van der Waals surface area contributed by atoms with E-state index in [1.165, 1.54) is 194 Å². The van der Waals surface area contributed by atoms with Gasteiger partial charge in [0.1, 0.15) is 0 Å². The molecule has 450 valence electrons. The first-order valence-corrected chi connectivity index (χ1v) is 34.2. The smallest absolute Gasteiger partial charge is 0.0726 e. The van der Waals surface area contributed by atoms with Crippen LogP contribution in [0.15, 0.2) is 328 Å². The Balaban J connectivity index is 0.731. The third kappa shape index (κ3) is 6.65. The average Bonchev–Trinajstić information content (AvgIpc) is 1.50. The van der Waals surface area contributed by atoms with Crippen LogP contribution in [0.5, 0.6) is 0 Å². The molecule has 0 saturated carbocycles. The lowest BCUT2D eigenvalue weighted by Gasteiger charge is -2.30. The Bertz CT molecular complexity index is 6300. The number of nitrogens with zero attached hydrogens (tertiary/aromatic N) is 2. The fourth-order valence-corrected chi connectivity index (χ4v) is 19.5. The SMILES string of the molecule is CC1(C)c2ccccc2-c2ccc(-n3c4ccccc4c4ccc5c(c43)-c3ccccc3C53c4ccccc4-c4c(-c5cccc(-c6ccc7c(c6)c6ccc8c(c6n7-c6ccc(-c7ccccc7)cc6)-c6ccccc6C86c7ccccc7-c7ccccc76)c5)cccc43)cc21. The molecule has 22 rings (SSSR count). The zero-order chi connectivity index (χ0) is 63.6. The van der Waals surface area contributed by atoms with Gasteiger partial charge in [-0.15, -0.1) is 0 Å². The van der Waals surface area contributed by atoms with Crippen LogP contribution in [0, 0.1) is 0 Å². The normalized spacial score (nSPS) is 15.5. The summed E-state index contributed by atoms with van der Waals surface area (Å²) >= 11 is 0. The maximum absolute atomic E-state index is 2.59. The minimum absolute atomic E-state index is 0.142. The van der Waals surface area contributed by atoms with Gasteiger partial charge in [0.25, 0.3) is 0 Å². The summed E-state index contributed by atoms with van der Waals surface area (Å²) in [5.41, 5.74) is 39.8. The molecule has 17 aromatic rings. The Labute approximate surface area is 562 Å². The molecule has 5 aliphatic rings. The van der Waals surface area contributed by atoms with Crippen molar-refractivity contribution in [3.63, 3.8) is 0 Å². The van der Waals surface area contributed by atoms with E-state index in [1.807, 2.05) is 0 Å². The maximum atomic E-state index is 2.59. The number of rotatable bonds is 5. The zero-order valence-electron chi connectivity index (χ0n) is 53.6. The van der Waals surface area contributed by atoms with Crippen molar-refractivity contribution in [3.8, 4) is 100 Å². The molecule has 0 aliphatic heterocycles. The van der Waals surface area contributed by atoms with E-state index in [9.17, 15) is 0 Å². The zero-order valence-corrected chi connectivity index (χ0v) is 53.6. The molecule has 5 aliphatic carbocycles. The van der Waals surface area contributed by atoms with Crippen LogP contribution in [0.1, 0.15) is 69.5 Å². The quantitative estimate of drug-likeness (QED) is 0.163. The van der Waals surface area contributed by atoms with E-state index in [4.69, 9.17) is 0 Å². The van der Waals surface area contributed by atoms with E-state index < -0.39 is 10.8 Å². The first kappa shape index (κ1) is 53.3. The first-order valence-electron chi connectivity index (χ1n) is 34.2. The third-order valence-corrected chi connectivity index (χ3v) is 23.4. The van der Waals surface area contributed by atoms with Gasteiger partial charge in [-0.05, 0) is 182 Å². The number of hydrogen-bond acceptors (Lipinski definition) is 0. The third-order valence-electron chi connectivity index (χ3n) is 23.4. The second kappa shape index (κ2) is 19.1. The first-order chi connectivity index (χ1) is 47.9. The van der Waals surface area contributed by atoms with Crippen molar-refractivity contribution >= 4 is 43.6 Å². The van der Waals surface area contributed by atoms with Crippen molar-refractivity contribution in [1.29, 1.82) is 0 Å². The summed E-state index contributed by atoms with van der Waals surface area (Å²) in [6, 6.07) is 125. The highest BCUT2D eigenvalue weighted by Gasteiger charge is 2.55. The van der Waals surface area contributed by atoms with Crippen LogP contribution in [0.2, 0.25) is 0 Å². The van der Waals surface area contributed by atoms with Crippen molar-refractivity contribution in [1.82, 2.24) is 9.13 Å². The van der Waals surface area contributed by atoms with E-state index in [1.54, 1.807) is 0 Å². The van der Waals surface area contributed by atoms with E-state index in [0.717, 1.165) is 5.69 Å². The van der Waals surface area contributed by atoms with Crippen LogP contribution in [0.4, 0.5) is 0 Å². The van der Waals surface area contributed by atoms with Crippen molar-refractivity contribution in [2.24, 2.45) is 0 Å². The minimum Gasteiger partial charge on any atom is -0.309 e. The summed E-state index contributed by atoms with van der Waals surface area (Å²) in [5.74, 6) is 0. The highest BCUT2D eigenvalue weighted by atomic mass is 15.0. The molecular formula is C95H60N2. The molecule has 97 heavy (non-hydrogen) atoms. The van der Waals surface area contributed by atoms with E-state index in [-0.39, 0.29) is 5.41 Å². The topological polar surface area (TPSA) is 9.86 Å². The average molecular weight is 1230 g/mol. The lowest BCUT2D eigenvalue weighted by atomic mass is 9.70. The van der Waals surface area contributed by atoms with E-state index in [2.05, 4.69) is 351 Å². The monoisotopic (exact) mass is 1230 g/mol. The van der Waals surface area contributed by atoms with Crippen molar-refractivity contribution in [2.45, 2.75) is 30.1 Å². The van der Waals surface area contributed by atoms with E-state index >= 15 is 0 Å². The molecule has 0 saturated heterocycles.